The van der Waals surface area contributed by atoms with Crippen molar-refractivity contribution in [3.8, 4) is 17.0 Å². The molecule has 2 aliphatic rings. The molecule has 0 bridgehead atoms. The number of aliphatic hydroxyl groups excluding tert-OH is 1. The second-order valence-corrected chi connectivity index (χ2v) is 9.86. The van der Waals surface area contributed by atoms with Crippen molar-refractivity contribution in [2.45, 2.75) is 31.9 Å². The van der Waals surface area contributed by atoms with Crippen molar-refractivity contribution in [3.63, 3.8) is 0 Å². The first kappa shape index (κ1) is 24.0. The Morgan fingerprint density at radius 3 is 2.58 bits per heavy atom. The molecule has 36 heavy (non-hydrogen) atoms. The van der Waals surface area contributed by atoms with E-state index in [9.17, 15) is 14.7 Å². The summed E-state index contributed by atoms with van der Waals surface area (Å²) >= 11 is 0. The minimum atomic E-state index is -0.587. The number of methoxy groups -OCH3 is 1. The number of nitrogens with zero attached hydrogens (tertiary/aromatic N) is 3. The number of anilines is 1. The van der Waals surface area contributed by atoms with E-state index in [1.54, 1.807) is 43.6 Å². The summed E-state index contributed by atoms with van der Waals surface area (Å²) in [6.07, 6.45) is 2.11. The maximum absolute atomic E-state index is 13.7. The number of benzene rings is 2. The van der Waals surface area contributed by atoms with Crippen molar-refractivity contribution in [3.05, 3.63) is 65.4 Å². The van der Waals surface area contributed by atoms with Gasteiger partial charge < -0.3 is 20.1 Å². The lowest BCUT2D eigenvalue weighted by molar-refractivity contribution is 0.0589. The Morgan fingerprint density at radius 2 is 1.94 bits per heavy atom. The second kappa shape index (κ2) is 9.40. The van der Waals surface area contributed by atoms with E-state index in [1.165, 1.54) is 0 Å². The number of β-amino-alcohol motifs (C(OH)–C–C–N with tert-alkyl or cyclic N) is 1. The number of amides is 2. The Kier molecular flexibility index (Phi) is 6.27. The standard InChI is InChI=1S/C27H31N5O4/c1-27(2)24-21(23-8-10-28-30-23)14-17(25(34)29-18-4-6-20(36-3)7-5-18)15-22(24)26(35)32(27)13-12-31-11-9-19(33)16-31/h4-8,10,14-15,19,33H,9,11-13,16H2,1-3H3,(H,28,30)(H,29,34)/t19-/m1/s1. The predicted octanol–water partition coefficient (Wildman–Crippen LogP) is 3.10. The molecule has 1 aromatic heterocycles. The van der Waals surface area contributed by atoms with Gasteiger partial charge in [0.25, 0.3) is 11.8 Å². The van der Waals surface area contributed by atoms with Crippen molar-refractivity contribution in [1.29, 1.82) is 0 Å². The van der Waals surface area contributed by atoms with E-state index in [0.29, 0.717) is 42.2 Å². The van der Waals surface area contributed by atoms with Crippen LogP contribution < -0.4 is 10.1 Å². The minimum Gasteiger partial charge on any atom is -0.497 e. The van der Waals surface area contributed by atoms with Gasteiger partial charge in [0.2, 0.25) is 0 Å². The monoisotopic (exact) mass is 489 g/mol. The normalized spacial score (nSPS) is 18.9. The van der Waals surface area contributed by atoms with Gasteiger partial charge in [-0.15, -0.1) is 0 Å². The van der Waals surface area contributed by atoms with E-state index in [4.69, 9.17) is 4.74 Å². The molecule has 0 saturated carbocycles. The van der Waals surface area contributed by atoms with E-state index in [1.807, 2.05) is 30.9 Å². The van der Waals surface area contributed by atoms with Crippen LogP contribution in [0, 0.1) is 0 Å². The number of hydrogen-bond donors (Lipinski definition) is 3. The summed E-state index contributed by atoms with van der Waals surface area (Å²) in [4.78, 5) is 31.0. The molecule has 9 nitrogen and oxygen atoms in total. The number of H-pyrrole nitrogens is 1. The van der Waals surface area contributed by atoms with Crippen LogP contribution >= 0.6 is 0 Å². The van der Waals surface area contributed by atoms with Gasteiger partial charge in [-0.1, -0.05) is 0 Å². The van der Waals surface area contributed by atoms with Gasteiger partial charge in [-0.05, 0) is 68.3 Å². The number of hydrogen-bond acceptors (Lipinski definition) is 6. The lowest BCUT2D eigenvalue weighted by Crippen LogP contribution is -2.43. The number of aromatic nitrogens is 2. The molecule has 3 aromatic rings. The molecular formula is C27H31N5O4. The van der Waals surface area contributed by atoms with Gasteiger partial charge in [-0.25, -0.2) is 0 Å². The van der Waals surface area contributed by atoms with Crippen molar-refractivity contribution in [2.75, 3.05) is 38.6 Å². The molecule has 188 valence electrons. The minimum absolute atomic E-state index is 0.102. The van der Waals surface area contributed by atoms with Crippen LogP contribution in [-0.2, 0) is 5.54 Å². The SMILES string of the molecule is COc1ccc(NC(=O)c2cc3c(c(-c4ccn[nH]4)c2)C(C)(C)N(CCN2CC[C@@H](O)C2)C3=O)cc1. The highest BCUT2D eigenvalue weighted by molar-refractivity contribution is 6.09. The zero-order valence-corrected chi connectivity index (χ0v) is 20.7. The maximum Gasteiger partial charge on any atom is 0.255 e. The molecule has 0 aliphatic carbocycles. The third kappa shape index (κ3) is 4.36. The van der Waals surface area contributed by atoms with Crippen LogP contribution in [0.5, 0.6) is 5.75 Å². The number of ether oxygens (including phenoxy) is 1. The van der Waals surface area contributed by atoms with E-state index in [2.05, 4.69) is 20.4 Å². The first-order valence-corrected chi connectivity index (χ1v) is 12.1. The number of fused-ring (bicyclic) bond motifs is 1. The number of aromatic amines is 1. The molecule has 1 fully saturated rings. The summed E-state index contributed by atoms with van der Waals surface area (Å²) < 4.78 is 5.19. The van der Waals surface area contributed by atoms with Gasteiger partial charge in [-0.3, -0.25) is 19.6 Å². The Bertz CT molecular complexity index is 1270. The van der Waals surface area contributed by atoms with Crippen LogP contribution in [0.1, 0.15) is 46.5 Å². The quantitative estimate of drug-likeness (QED) is 0.470. The molecular weight excluding hydrogens is 458 g/mol. The average molecular weight is 490 g/mol. The fourth-order valence-corrected chi connectivity index (χ4v) is 5.27. The zero-order valence-electron chi connectivity index (χ0n) is 20.7. The Morgan fingerprint density at radius 1 is 1.19 bits per heavy atom. The summed E-state index contributed by atoms with van der Waals surface area (Å²) in [5.41, 5.74) is 3.36. The summed E-state index contributed by atoms with van der Waals surface area (Å²) in [6.45, 7) is 6.74. The van der Waals surface area contributed by atoms with Gasteiger partial charge in [0.1, 0.15) is 5.75 Å². The zero-order chi connectivity index (χ0) is 25.4. The molecule has 0 unspecified atom stereocenters. The second-order valence-electron chi connectivity index (χ2n) is 9.86. The van der Waals surface area contributed by atoms with Gasteiger partial charge in [0.15, 0.2) is 0 Å². The average Bonchev–Trinajstić information content (AvgIpc) is 3.59. The highest BCUT2D eigenvalue weighted by Gasteiger charge is 2.45. The van der Waals surface area contributed by atoms with Crippen LogP contribution in [0.15, 0.2) is 48.7 Å². The van der Waals surface area contributed by atoms with Crippen LogP contribution in [0.3, 0.4) is 0 Å². The van der Waals surface area contributed by atoms with Gasteiger partial charge in [0.05, 0.1) is 24.4 Å². The van der Waals surface area contributed by atoms with E-state index in [0.717, 1.165) is 29.8 Å². The lowest BCUT2D eigenvalue weighted by atomic mass is 9.86. The molecule has 3 heterocycles. The number of carbonyl (C=O) groups is 2. The number of likely N-dealkylation sites (tertiary alicyclic amines) is 1. The van der Waals surface area contributed by atoms with Crippen molar-refractivity contribution < 1.29 is 19.4 Å². The number of aliphatic hydroxyl groups is 1. The molecule has 5 rings (SSSR count). The van der Waals surface area contributed by atoms with Crippen molar-refractivity contribution in [1.82, 2.24) is 20.0 Å². The van der Waals surface area contributed by atoms with Crippen LogP contribution in [-0.4, -0.2) is 76.3 Å². The number of nitrogens with one attached hydrogen (secondary N) is 2. The number of carbonyl (C=O) groups excluding carboxylic acids is 2. The fraction of sp³-hybridized carbons (Fsp3) is 0.370. The van der Waals surface area contributed by atoms with Crippen LogP contribution in [0.4, 0.5) is 5.69 Å². The fourth-order valence-electron chi connectivity index (χ4n) is 5.27. The van der Waals surface area contributed by atoms with Gasteiger partial charge in [0, 0.05) is 54.8 Å². The summed E-state index contributed by atoms with van der Waals surface area (Å²) in [7, 11) is 1.59. The number of rotatable bonds is 7. The van der Waals surface area contributed by atoms with E-state index >= 15 is 0 Å². The van der Waals surface area contributed by atoms with Gasteiger partial charge >= 0.3 is 0 Å². The van der Waals surface area contributed by atoms with Crippen molar-refractivity contribution >= 4 is 17.5 Å². The van der Waals surface area contributed by atoms with Gasteiger partial charge in [-0.2, -0.15) is 5.10 Å². The molecule has 2 amide bonds. The van der Waals surface area contributed by atoms with Crippen molar-refractivity contribution in [2.24, 2.45) is 0 Å². The lowest BCUT2D eigenvalue weighted by Gasteiger charge is -2.34. The summed E-state index contributed by atoms with van der Waals surface area (Å²) in [6, 6.07) is 12.4. The van der Waals surface area contributed by atoms with E-state index < -0.39 is 5.54 Å². The Labute approximate surface area is 210 Å². The first-order valence-electron chi connectivity index (χ1n) is 12.1. The van der Waals surface area contributed by atoms with Crippen LogP contribution in [0.2, 0.25) is 0 Å². The molecule has 2 aromatic carbocycles. The Hall–Kier alpha value is -3.69. The molecule has 9 heteroatoms. The summed E-state index contributed by atoms with van der Waals surface area (Å²) in [5, 5.41) is 19.9. The molecule has 1 atom stereocenters. The molecule has 2 aliphatic heterocycles. The van der Waals surface area contributed by atoms with E-state index in [-0.39, 0.29) is 17.9 Å². The smallest absolute Gasteiger partial charge is 0.255 e. The largest absolute Gasteiger partial charge is 0.497 e. The highest BCUT2D eigenvalue weighted by atomic mass is 16.5. The molecule has 1 saturated heterocycles. The third-order valence-electron chi connectivity index (χ3n) is 7.19. The molecule has 0 spiro atoms. The topological polar surface area (TPSA) is 111 Å². The predicted molar refractivity (Wildman–Crippen MR) is 136 cm³/mol. The summed E-state index contributed by atoms with van der Waals surface area (Å²) in [5.74, 6) is 0.289. The first-order chi connectivity index (χ1) is 17.3. The highest BCUT2D eigenvalue weighted by Crippen LogP contribution is 2.44. The maximum atomic E-state index is 13.7. The third-order valence-corrected chi connectivity index (χ3v) is 7.19. The molecule has 3 N–H and O–H groups in total. The Balaban J connectivity index is 1.48. The van der Waals surface area contributed by atoms with Crippen LogP contribution in [0.25, 0.3) is 11.3 Å². The molecule has 0 radical (unpaired) electrons.